The molecule has 1 aromatic heterocycles. The minimum Gasteiger partial charge on any atom is -0.352 e. The highest BCUT2D eigenvalue weighted by Crippen LogP contribution is 2.26. The van der Waals surface area contributed by atoms with Crippen LogP contribution in [0, 0.1) is 12.7 Å². The van der Waals surface area contributed by atoms with E-state index in [0.717, 1.165) is 16.9 Å². The fourth-order valence-corrected chi connectivity index (χ4v) is 3.33. The first-order valence-corrected chi connectivity index (χ1v) is 8.33. The number of aryl methyl sites for hydroxylation is 1. The number of carbonyl (C=O) groups is 2. The molecule has 1 fully saturated rings. The second kappa shape index (κ2) is 6.25. The Morgan fingerprint density at radius 2 is 2.12 bits per heavy atom. The van der Waals surface area contributed by atoms with Crippen LogP contribution in [0.4, 0.5) is 4.39 Å². The summed E-state index contributed by atoms with van der Waals surface area (Å²) >= 11 is 0. The van der Waals surface area contributed by atoms with Gasteiger partial charge < -0.3 is 15.2 Å². The van der Waals surface area contributed by atoms with Crippen LogP contribution in [0.2, 0.25) is 0 Å². The van der Waals surface area contributed by atoms with Crippen molar-refractivity contribution in [1.82, 2.24) is 20.2 Å². The molecule has 0 spiro atoms. The van der Waals surface area contributed by atoms with Crippen molar-refractivity contribution in [3.8, 4) is 0 Å². The van der Waals surface area contributed by atoms with E-state index in [1.54, 1.807) is 24.3 Å². The van der Waals surface area contributed by atoms with Gasteiger partial charge in [-0.2, -0.15) is 0 Å². The van der Waals surface area contributed by atoms with Crippen molar-refractivity contribution < 1.29 is 14.0 Å². The Morgan fingerprint density at radius 1 is 1.27 bits per heavy atom. The van der Waals surface area contributed by atoms with E-state index in [4.69, 9.17) is 0 Å². The summed E-state index contributed by atoms with van der Waals surface area (Å²) in [4.78, 5) is 34.4. The molecule has 0 radical (unpaired) electrons. The largest absolute Gasteiger partial charge is 0.352 e. The molecule has 2 heterocycles. The number of nitrogens with zero attached hydrogens (tertiary/aromatic N) is 2. The summed E-state index contributed by atoms with van der Waals surface area (Å²) in [6.07, 6.45) is 0. The van der Waals surface area contributed by atoms with Gasteiger partial charge in [-0.25, -0.2) is 9.37 Å². The smallest absolute Gasteiger partial charge is 0.254 e. The number of aromatic amines is 1. The Bertz CT molecular complexity index is 1010. The zero-order chi connectivity index (χ0) is 18.3. The van der Waals surface area contributed by atoms with E-state index in [1.165, 1.54) is 23.1 Å². The van der Waals surface area contributed by atoms with E-state index in [9.17, 15) is 14.0 Å². The summed E-state index contributed by atoms with van der Waals surface area (Å²) in [5.41, 5.74) is 2.44. The highest BCUT2D eigenvalue weighted by molar-refractivity contribution is 6.00. The molecule has 2 amide bonds. The number of carbonyl (C=O) groups excluding carboxylic acids is 2. The lowest BCUT2D eigenvalue weighted by atomic mass is 10.0. The van der Waals surface area contributed by atoms with Crippen LogP contribution in [-0.2, 0) is 4.79 Å². The van der Waals surface area contributed by atoms with Gasteiger partial charge in [0.15, 0.2) is 0 Å². The third kappa shape index (κ3) is 2.81. The Morgan fingerprint density at radius 3 is 2.92 bits per heavy atom. The third-order valence-corrected chi connectivity index (χ3v) is 4.48. The maximum atomic E-state index is 13.6. The number of rotatable bonds is 2. The van der Waals surface area contributed by atoms with E-state index in [0.29, 0.717) is 24.2 Å². The van der Waals surface area contributed by atoms with Crippen molar-refractivity contribution in [1.29, 1.82) is 0 Å². The number of fused-ring (bicyclic) bond motifs is 1. The Kier molecular flexibility index (Phi) is 3.91. The normalized spacial score (nSPS) is 17.4. The van der Waals surface area contributed by atoms with Crippen molar-refractivity contribution in [2.45, 2.75) is 13.0 Å². The van der Waals surface area contributed by atoms with Crippen LogP contribution in [0.5, 0.6) is 0 Å². The Hall–Kier alpha value is -3.22. The van der Waals surface area contributed by atoms with Crippen LogP contribution in [-0.4, -0.2) is 39.8 Å². The van der Waals surface area contributed by atoms with E-state index in [-0.39, 0.29) is 11.8 Å². The summed E-state index contributed by atoms with van der Waals surface area (Å²) in [6.45, 7) is 2.56. The minimum absolute atomic E-state index is 0.275. The van der Waals surface area contributed by atoms with Crippen LogP contribution >= 0.6 is 0 Å². The molecule has 132 valence electrons. The molecular formula is C19H17FN4O2. The van der Waals surface area contributed by atoms with E-state index >= 15 is 0 Å². The molecule has 6 nitrogen and oxygen atoms in total. The minimum atomic E-state index is -0.855. The van der Waals surface area contributed by atoms with Crippen LogP contribution in [0.15, 0.2) is 42.5 Å². The van der Waals surface area contributed by atoms with E-state index < -0.39 is 11.9 Å². The van der Waals surface area contributed by atoms with Gasteiger partial charge >= 0.3 is 0 Å². The number of imidazole rings is 1. The molecule has 0 aliphatic carbocycles. The SMILES string of the molecule is Cc1nc2ccc(C(=O)N3CCNC(=O)[C@H]3c3cccc(F)c3)cc2[nH]1. The van der Waals surface area contributed by atoms with Gasteiger partial charge in [0.25, 0.3) is 5.91 Å². The Balaban J connectivity index is 1.72. The summed E-state index contributed by atoms with van der Waals surface area (Å²) in [7, 11) is 0. The van der Waals surface area contributed by atoms with Gasteiger partial charge in [0.2, 0.25) is 5.91 Å². The maximum Gasteiger partial charge on any atom is 0.254 e. The average molecular weight is 352 g/mol. The number of benzene rings is 2. The number of hydrogen-bond donors (Lipinski definition) is 2. The van der Waals surface area contributed by atoms with Gasteiger partial charge in [-0.05, 0) is 42.8 Å². The van der Waals surface area contributed by atoms with Crippen molar-refractivity contribution in [2.75, 3.05) is 13.1 Å². The molecule has 1 atom stereocenters. The number of piperazine rings is 1. The summed E-state index contributed by atoms with van der Waals surface area (Å²) in [5.74, 6) is -0.265. The number of H-pyrrole nitrogens is 1. The van der Waals surface area contributed by atoms with E-state index in [2.05, 4.69) is 15.3 Å². The fourth-order valence-electron chi connectivity index (χ4n) is 3.33. The second-order valence-electron chi connectivity index (χ2n) is 6.30. The molecule has 0 bridgehead atoms. The topological polar surface area (TPSA) is 78.1 Å². The van der Waals surface area contributed by atoms with Crippen LogP contribution < -0.4 is 5.32 Å². The van der Waals surface area contributed by atoms with Crippen LogP contribution in [0.1, 0.15) is 27.8 Å². The number of hydrogen-bond acceptors (Lipinski definition) is 3. The molecule has 1 saturated heterocycles. The van der Waals surface area contributed by atoms with Crippen molar-refractivity contribution >= 4 is 22.8 Å². The predicted octanol–water partition coefficient (Wildman–Crippen LogP) is 2.32. The molecule has 1 aliphatic rings. The van der Waals surface area contributed by atoms with Crippen LogP contribution in [0.3, 0.4) is 0 Å². The van der Waals surface area contributed by atoms with Gasteiger partial charge in [-0.1, -0.05) is 12.1 Å². The van der Waals surface area contributed by atoms with Gasteiger partial charge in [-0.15, -0.1) is 0 Å². The first kappa shape index (κ1) is 16.3. The summed E-state index contributed by atoms with van der Waals surface area (Å²) in [6, 6.07) is 10.1. The molecule has 2 aromatic carbocycles. The first-order chi connectivity index (χ1) is 12.5. The van der Waals surface area contributed by atoms with Gasteiger partial charge in [0.05, 0.1) is 11.0 Å². The third-order valence-electron chi connectivity index (χ3n) is 4.48. The lowest BCUT2D eigenvalue weighted by molar-refractivity contribution is -0.128. The predicted molar refractivity (Wildman–Crippen MR) is 94.0 cm³/mol. The molecule has 26 heavy (non-hydrogen) atoms. The molecule has 0 saturated carbocycles. The first-order valence-electron chi connectivity index (χ1n) is 8.33. The summed E-state index contributed by atoms with van der Waals surface area (Å²) in [5, 5.41) is 2.75. The number of halogens is 1. The molecule has 3 aromatic rings. The van der Waals surface area contributed by atoms with E-state index in [1.807, 2.05) is 6.92 Å². The zero-order valence-corrected chi connectivity index (χ0v) is 14.1. The maximum absolute atomic E-state index is 13.6. The average Bonchev–Trinajstić information content (AvgIpc) is 3.00. The molecule has 7 heteroatoms. The molecule has 0 unspecified atom stereocenters. The molecular weight excluding hydrogens is 335 g/mol. The number of nitrogens with one attached hydrogen (secondary N) is 2. The highest BCUT2D eigenvalue weighted by Gasteiger charge is 2.35. The highest BCUT2D eigenvalue weighted by atomic mass is 19.1. The van der Waals surface area contributed by atoms with Gasteiger partial charge in [0, 0.05) is 18.7 Å². The van der Waals surface area contributed by atoms with Crippen molar-refractivity contribution in [3.63, 3.8) is 0 Å². The Labute approximate surface area is 149 Å². The standard InChI is InChI=1S/C19H17FN4O2/c1-11-22-15-6-5-13(10-16(15)23-11)19(26)24-8-7-21-18(25)17(24)12-3-2-4-14(20)9-12/h2-6,9-10,17H,7-8H2,1H3,(H,21,25)(H,22,23)/t17-/m1/s1. The lowest BCUT2D eigenvalue weighted by Gasteiger charge is -2.35. The summed E-state index contributed by atoms with van der Waals surface area (Å²) < 4.78 is 13.6. The zero-order valence-electron chi connectivity index (χ0n) is 14.1. The number of amides is 2. The van der Waals surface area contributed by atoms with Gasteiger partial charge in [0.1, 0.15) is 17.7 Å². The van der Waals surface area contributed by atoms with Crippen molar-refractivity contribution in [2.24, 2.45) is 0 Å². The van der Waals surface area contributed by atoms with Crippen molar-refractivity contribution in [3.05, 3.63) is 65.2 Å². The van der Waals surface area contributed by atoms with Gasteiger partial charge in [-0.3, -0.25) is 9.59 Å². The molecule has 1 aliphatic heterocycles. The van der Waals surface area contributed by atoms with Crippen LogP contribution in [0.25, 0.3) is 11.0 Å². The number of aromatic nitrogens is 2. The molecule has 2 N–H and O–H groups in total. The quantitative estimate of drug-likeness (QED) is 0.743. The fraction of sp³-hybridized carbons (Fsp3) is 0.211. The molecule has 4 rings (SSSR count). The second-order valence-corrected chi connectivity index (χ2v) is 6.30. The lowest BCUT2D eigenvalue weighted by Crippen LogP contribution is -2.52. The monoisotopic (exact) mass is 352 g/mol.